The van der Waals surface area contributed by atoms with E-state index in [1.54, 1.807) is 0 Å². The molecule has 0 radical (unpaired) electrons. The molecular formula is C30H32N2O2. The Morgan fingerprint density at radius 3 is 2.21 bits per heavy atom. The van der Waals surface area contributed by atoms with Crippen molar-refractivity contribution in [2.75, 3.05) is 11.9 Å². The topological polar surface area (TPSA) is 49.4 Å². The van der Waals surface area contributed by atoms with Gasteiger partial charge in [0.25, 0.3) is 5.91 Å². The van der Waals surface area contributed by atoms with Crippen LogP contribution < -0.4 is 5.32 Å². The molecule has 1 aliphatic heterocycles. The zero-order valence-electron chi connectivity index (χ0n) is 20.0. The number of nitrogens with zero attached hydrogens (tertiary/aromatic N) is 1. The van der Waals surface area contributed by atoms with Crippen LogP contribution in [-0.4, -0.2) is 23.3 Å². The minimum absolute atomic E-state index is 0.0117. The highest BCUT2D eigenvalue weighted by Crippen LogP contribution is 2.41. The largest absolute Gasteiger partial charge is 0.331 e. The standard InChI is InChI=1S/C30H32N2O2/c1-20-9-6-10-21(2)27(20)30(34)32-18-8-15-26(28(32)23-11-4-3-5-12-23)29(33)31-25-14-7-13-24(19-25)22-16-17-22/h3-7,9-14,19,22,26,28H,8,15-18H2,1-2H3,(H,31,33)/t26?,28-/m0/s1. The van der Waals surface area contributed by atoms with Crippen LogP contribution in [0, 0.1) is 19.8 Å². The Kier molecular flexibility index (Phi) is 6.23. The van der Waals surface area contributed by atoms with Gasteiger partial charge in [-0.25, -0.2) is 0 Å². The lowest BCUT2D eigenvalue weighted by atomic mass is 9.83. The van der Waals surface area contributed by atoms with Crippen LogP contribution >= 0.6 is 0 Å². The maximum atomic E-state index is 13.9. The SMILES string of the molecule is Cc1cccc(C)c1C(=O)N1CCCC(C(=O)Nc2cccc(C3CC3)c2)[C@@H]1c1ccccc1. The van der Waals surface area contributed by atoms with Crippen molar-refractivity contribution in [1.29, 1.82) is 0 Å². The third-order valence-corrected chi connectivity index (χ3v) is 7.27. The molecule has 174 valence electrons. The van der Waals surface area contributed by atoms with Gasteiger partial charge in [-0.15, -0.1) is 0 Å². The van der Waals surface area contributed by atoms with Gasteiger partial charge in [0.15, 0.2) is 0 Å². The van der Waals surface area contributed by atoms with Crippen LogP contribution in [0.25, 0.3) is 0 Å². The second-order valence-electron chi connectivity index (χ2n) is 9.76. The fourth-order valence-electron chi connectivity index (χ4n) is 5.38. The first-order valence-corrected chi connectivity index (χ1v) is 12.4. The number of anilines is 1. The minimum atomic E-state index is -0.311. The van der Waals surface area contributed by atoms with Crippen molar-refractivity contribution in [3.05, 3.63) is 101 Å². The Labute approximate surface area is 202 Å². The molecule has 0 bridgehead atoms. The van der Waals surface area contributed by atoms with E-state index in [1.165, 1.54) is 18.4 Å². The van der Waals surface area contributed by atoms with Gasteiger partial charge in [0, 0.05) is 17.8 Å². The zero-order chi connectivity index (χ0) is 23.7. The second-order valence-corrected chi connectivity index (χ2v) is 9.76. The molecule has 4 nitrogen and oxygen atoms in total. The molecule has 1 aliphatic carbocycles. The summed E-state index contributed by atoms with van der Waals surface area (Å²) in [7, 11) is 0. The maximum Gasteiger partial charge on any atom is 0.254 e. The first-order valence-electron chi connectivity index (χ1n) is 12.4. The van der Waals surface area contributed by atoms with Crippen molar-refractivity contribution in [3.63, 3.8) is 0 Å². The molecule has 1 N–H and O–H groups in total. The number of aryl methyl sites for hydroxylation is 2. The van der Waals surface area contributed by atoms with E-state index in [9.17, 15) is 9.59 Å². The van der Waals surface area contributed by atoms with Gasteiger partial charge in [0.2, 0.25) is 5.91 Å². The predicted molar refractivity (Wildman–Crippen MR) is 136 cm³/mol. The quantitative estimate of drug-likeness (QED) is 0.486. The van der Waals surface area contributed by atoms with Crippen LogP contribution in [0.1, 0.15) is 70.3 Å². The number of benzene rings is 3. The summed E-state index contributed by atoms with van der Waals surface area (Å²) in [5.41, 5.74) is 5.85. The maximum absolute atomic E-state index is 13.9. The number of hydrogen-bond acceptors (Lipinski definition) is 2. The number of nitrogens with one attached hydrogen (secondary N) is 1. The fraction of sp³-hybridized carbons (Fsp3) is 0.333. The van der Waals surface area contributed by atoms with Gasteiger partial charge in [-0.2, -0.15) is 0 Å². The molecule has 2 aliphatic rings. The highest BCUT2D eigenvalue weighted by molar-refractivity contribution is 5.99. The van der Waals surface area contributed by atoms with Crippen molar-refractivity contribution in [2.45, 2.75) is 51.5 Å². The zero-order valence-corrected chi connectivity index (χ0v) is 20.0. The van der Waals surface area contributed by atoms with Gasteiger partial charge in [-0.3, -0.25) is 9.59 Å². The second kappa shape index (κ2) is 9.46. The third kappa shape index (κ3) is 4.50. The summed E-state index contributed by atoms with van der Waals surface area (Å²) >= 11 is 0. The van der Waals surface area contributed by atoms with Crippen LogP contribution in [0.5, 0.6) is 0 Å². The molecule has 2 atom stereocenters. The molecule has 1 saturated carbocycles. The van der Waals surface area contributed by atoms with E-state index in [1.807, 2.05) is 79.4 Å². The van der Waals surface area contributed by atoms with Gasteiger partial charge >= 0.3 is 0 Å². The molecule has 5 rings (SSSR count). The summed E-state index contributed by atoms with van der Waals surface area (Å²) in [4.78, 5) is 29.4. The Balaban J connectivity index is 1.47. The number of rotatable bonds is 5. The van der Waals surface area contributed by atoms with Crippen LogP contribution in [0.3, 0.4) is 0 Å². The van der Waals surface area contributed by atoms with Crippen molar-refractivity contribution in [1.82, 2.24) is 4.90 Å². The number of carbonyl (C=O) groups excluding carboxylic acids is 2. The van der Waals surface area contributed by atoms with E-state index in [2.05, 4.69) is 17.4 Å². The smallest absolute Gasteiger partial charge is 0.254 e. The highest BCUT2D eigenvalue weighted by atomic mass is 16.2. The van der Waals surface area contributed by atoms with E-state index in [0.29, 0.717) is 12.5 Å². The van der Waals surface area contributed by atoms with Crippen molar-refractivity contribution in [2.24, 2.45) is 5.92 Å². The molecule has 3 aromatic carbocycles. The summed E-state index contributed by atoms with van der Waals surface area (Å²) in [6, 6.07) is 23.9. The summed E-state index contributed by atoms with van der Waals surface area (Å²) < 4.78 is 0. The van der Waals surface area contributed by atoms with Crippen LogP contribution in [0.15, 0.2) is 72.8 Å². The van der Waals surface area contributed by atoms with Crippen LogP contribution in [0.4, 0.5) is 5.69 Å². The molecule has 1 heterocycles. The van der Waals surface area contributed by atoms with Crippen molar-refractivity contribution in [3.8, 4) is 0 Å². The van der Waals surface area contributed by atoms with Crippen LogP contribution in [0.2, 0.25) is 0 Å². The Bertz CT molecular complexity index is 1180. The molecule has 2 fully saturated rings. The summed E-state index contributed by atoms with van der Waals surface area (Å²) in [5, 5.41) is 3.18. The molecule has 0 aromatic heterocycles. The number of carbonyl (C=O) groups is 2. The lowest BCUT2D eigenvalue weighted by molar-refractivity contribution is -0.123. The van der Waals surface area contributed by atoms with E-state index in [4.69, 9.17) is 0 Å². The molecular weight excluding hydrogens is 420 g/mol. The number of amides is 2. The van der Waals surface area contributed by atoms with Gasteiger partial charge in [-0.05, 0) is 79.8 Å². The normalized spacial score (nSPS) is 20.1. The molecule has 2 amide bonds. The van der Waals surface area contributed by atoms with Gasteiger partial charge in [0.1, 0.15) is 0 Å². The first kappa shape index (κ1) is 22.4. The number of likely N-dealkylation sites (tertiary alicyclic amines) is 1. The predicted octanol–water partition coefficient (Wildman–Crippen LogP) is 6.41. The van der Waals surface area contributed by atoms with E-state index in [-0.39, 0.29) is 23.8 Å². The van der Waals surface area contributed by atoms with E-state index in [0.717, 1.165) is 40.8 Å². The van der Waals surface area contributed by atoms with Gasteiger partial charge < -0.3 is 10.2 Å². The first-order chi connectivity index (χ1) is 16.5. The summed E-state index contributed by atoms with van der Waals surface area (Å²) in [6.07, 6.45) is 4.02. The number of piperidine rings is 1. The minimum Gasteiger partial charge on any atom is -0.331 e. The Morgan fingerprint density at radius 1 is 0.824 bits per heavy atom. The molecule has 0 spiro atoms. The monoisotopic (exact) mass is 452 g/mol. The van der Waals surface area contributed by atoms with E-state index < -0.39 is 0 Å². The number of hydrogen-bond donors (Lipinski definition) is 1. The average Bonchev–Trinajstić information content (AvgIpc) is 3.70. The summed E-state index contributed by atoms with van der Waals surface area (Å²) in [5.74, 6) is 0.321. The highest BCUT2D eigenvalue weighted by Gasteiger charge is 2.40. The summed E-state index contributed by atoms with van der Waals surface area (Å²) in [6.45, 7) is 4.62. The molecule has 34 heavy (non-hydrogen) atoms. The molecule has 1 saturated heterocycles. The van der Waals surface area contributed by atoms with Gasteiger partial charge in [0.05, 0.1) is 12.0 Å². The Morgan fingerprint density at radius 2 is 1.50 bits per heavy atom. The average molecular weight is 453 g/mol. The molecule has 1 unspecified atom stereocenters. The Hall–Kier alpha value is -3.40. The lowest BCUT2D eigenvalue weighted by Gasteiger charge is -2.41. The van der Waals surface area contributed by atoms with Gasteiger partial charge in [-0.1, -0.05) is 60.7 Å². The molecule has 3 aromatic rings. The van der Waals surface area contributed by atoms with Crippen molar-refractivity contribution >= 4 is 17.5 Å². The van der Waals surface area contributed by atoms with Crippen LogP contribution in [-0.2, 0) is 4.79 Å². The van der Waals surface area contributed by atoms with E-state index >= 15 is 0 Å². The third-order valence-electron chi connectivity index (χ3n) is 7.27. The molecule has 4 heteroatoms. The lowest BCUT2D eigenvalue weighted by Crippen LogP contribution is -2.46. The fourth-order valence-corrected chi connectivity index (χ4v) is 5.38. The van der Waals surface area contributed by atoms with Crippen molar-refractivity contribution < 1.29 is 9.59 Å².